The number of nitrogens with one attached hydrogen (secondary N) is 1. The highest BCUT2D eigenvalue weighted by Gasteiger charge is 2.40. The fourth-order valence-electron chi connectivity index (χ4n) is 3.73. The molecule has 0 aromatic carbocycles. The molecule has 24 heavy (non-hydrogen) atoms. The molecule has 1 amide bonds. The molecule has 3 aliphatic rings. The van der Waals surface area contributed by atoms with Crippen LogP contribution in [0.2, 0.25) is 0 Å². The maximum atomic E-state index is 12.7. The molecule has 0 saturated carbocycles. The third-order valence-electron chi connectivity index (χ3n) is 5.07. The van der Waals surface area contributed by atoms with Crippen LogP contribution in [0.5, 0.6) is 0 Å². The quantitative estimate of drug-likeness (QED) is 0.876. The molecule has 3 saturated heterocycles. The number of carbonyl (C=O) groups excluding carboxylic acids is 1. The molecule has 1 N–H and O–H groups in total. The molecule has 3 fully saturated rings. The summed E-state index contributed by atoms with van der Waals surface area (Å²) < 4.78 is 2.16. The molecule has 2 atom stereocenters. The highest BCUT2D eigenvalue weighted by atomic mass is 32.2. The first-order valence-electron chi connectivity index (χ1n) is 8.35. The first-order valence-corrected chi connectivity index (χ1v) is 10.8. The van der Waals surface area contributed by atoms with Gasteiger partial charge in [0.05, 0.1) is 9.09 Å². The number of hydrogen-bond donors (Lipinski definition) is 1. The molecule has 3 aliphatic heterocycles. The van der Waals surface area contributed by atoms with Crippen LogP contribution in [0.3, 0.4) is 0 Å². The van der Waals surface area contributed by atoms with Gasteiger partial charge in [-0.05, 0) is 69.6 Å². The predicted molar refractivity (Wildman–Crippen MR) is 100 cm³/mol. The van der Waals surface area contributed by atoms with Crippen LogP contribution in [0.1, 0.15) is 34.3 Å². The van der Waals surface area contributed by atoms with Crippen molar-refractivity contribution in [3.05, 3.63) is 28.1 Å². The number of aryl methyl sites for hydroxylation is 1. The van der Waals surface area contributed by atoms with Crippen molar-refractivity contribution in [1.82, 2.24) is 15.2 Å². The van der Waals surface area contributed by atoms with Gasteiger partial charge in [0.15, 0.2) is 4.34 Å². The van der Waals surface area contributed by atoms with E-state index in [1.54, 1.807) is 34.4 Å². The number of piperidine rings is 3. The SMILES string of the molecule is Cc1cnc(Sc2ccc(C(=O)N[C@@H]3C4CCN(CC4)[C@H]3C)s2)s1. The zero-order valence-corrected chi connectivity index (χ0v) is 16.3. The van der Waals surface area contributed by atoms with E-state index in [1.165, 1.54) is 30.8 Å². The van der Waals surface area contributed by atoms with Gasteiger partial charge in [-0.3, -0.25) is 9.69 Å². The Bertz CT molecular complexity index is 731. The molecule has 4 nitrogen and oxygen atoms in total. The van der Waals surface area contributed by atoms with Crippen LogP contribution in [0.25, 0.3) is 0 Å². The number of amides is 1. The van der Waals surface area contributed by atoms with Gasteiger partial charge in [-0.1, -0.05) is 0 Å². The Morgan fingerprint density at radius 1 is 1.33 bits per heavy atom. The van der Waals surface area contributed by atoms with Gasteiger partial charge < -0.3 is 5.32 Å². The summed E-state index contributed by atoms with van der Waals surface area (Å²) in [5.74, 6) is 0.717. The largest absolute Gasteiger partial charge is 0.347 e. The van der Waals surface area contributed by atoms with E-state index in [0.717, 1.165) is 13.4 Å². The normalized spacial score (nSPS) is 28.9. The van der Waals surface area contributed by atoms with Crippen LogP contribution >= 0.6 is 34.4 Å². The summed E-state index contributed by atoms with van der Waals surface area (Å²) in [4.78, 5) is 21.6. The number of thiazole rings is 1. The van der Waals surface area contributed by atoms with Crippen molar-refractivity contribution in [2.75, 3.05) is 13.1 Å². The van der Waals surface area contributed by atoms with Gasteiger partial charge in [-0.25, -0.2) is 4.98 Å². The Morgan fingerprint density at radius 3 is 2.79 bits per heavy atom. The molecule has 7 heteroatoms. The molecule has 0 radical (unpaired) electrons. The van der Waals surface area contributed by atoms with Crippen LogP contribution < -0.4 is 5.32 Å². The summed E-state index contributed by atoms with van der Waals surface area (Å²) in [7, 11) is 0. The Labute approximate surface area is 154 Å². The maximum Gasteiger partial charge on any atom is 0.261 e. The number of nitrogens with zero attached hydrogens (tertiary/aromatic N) is 2. The lowest BCUT2D eigenvalue weighted by molar-refractivity contribution is 0.0218. The molecule has 2 aromatic rings. The van der Waals surface area contributed by atoms with Gasteiger partial charge in [0.2, 0.25) is 0 Å². The molecule has 128 valence electrons. The van der Waals surface area contributed by atoms with Gasteiger partial charge >= 0.3 is 0 Å². The summed E-state index contributed by atoms with van der Waals surface area (Å²) >= 11 is 4.89. The summed E-state index contributed by atoms with van der Waals surface area (Å²) in [5, 5.41) is 3.31. The minimum atomic E-state index is 0.0766. The number of rotatable bonds is 4. The number of hydrogen-bond acceptors (Lipinski definition) is 6. The topological polar surface area (TPSA) is 45.2 Å². The van der Waals surface area contributed by atoms with Crippen LogP contribution in [-0.2, 0) is 0 Å². The van der Waals surface area contributed by atoms with Gasteiger partial charge in [0.1, 0.15) is 0 Å². The second-order valence-electron chi connectivity index (χ2n) is 6.57. The van der Waals surface area contributed by atoms with Crippen molar-refractivity contribution in [3.8, 4) is 0 Å². The third-order valence-corrected chi connectivity index (χ3v) is 8.27. The molecule has 5 heterocycles. The van der Waals surface area contributed by atoms with Crippen molar-refractivity contribution in [2.45, 2.75) is 47.3 Å². The molecule has 0 aliphatic carbocycles. The number of fused-ring (bicyclic) bond motifs is 3. The predicted octanol–water partition coefficient (Wildman–Crippen LogP) is 3.88. The number of thiophene rings is 1. The van der Waals surface area contributed by atoms with E-state index in [1.807, 2.05) is 18.3 Å². The van der Waals surface area contributed by atoms with E-state index >= 15 is 0 Å². The van der Waals surface area contributed by atoms with E-state index in [0.29, 0.717) is 18.0 Å². The molecule has 5 rings (SSSR count). The van der Waals surface area contributed by atoms with E-state index in [4.69, 9.17) is 0 Å². The van der Waals surface area contributed by atoms with Gasteiger partial charge in [0, 0.05) is 23.2 Å². The van der Waals surface area contributed by atoms with Gasteiger partial charge in [-0.15, -0.1) is 22.7 Å². The van der Waals surface area contributed by atoms with Crippen molar-refractivity contribution in [2.24, 2.45) is 5.92 Å². The third kappa shape index (κ3) is 3.27. The molecular weight excluding hydrogens is 358 g/mol. The zero-order valence-electron chi connectivity index (χ0n) is 13.8. The lowest BCUT2D eigenvalue weighted by Gasteiger charge is -2.49. The number of carbonyl (C=O) groups is 1. The molecule has 0 unspecified atom stereocenters. The van der Waals surface area contributed by atoms with Crippen molar-refractivity contribution >= 4 is 40.3 Å². The molecule has 2 bridgehead atoms. The van der Waals surface area contributed by atoms with Gasteiger partial charge in [-0.2, -0.15) is 0 Å². The fraction of sp³-hybridized carbons (Fsp3) is 0.529. The summed E-state index contributed by atoms with van der Waals surface area (Å²) in [6, 6.07) is 4.71. The smallest absolute Gasteiger partial charge is 0.261 e. The minimum absolute atomic E-state index is 0.0766. The Hall–Kier alpha value is -0.890. The first-order chi connectivity index (χ1) is 11.6. The van der Waals surface area contributed by atoms with E-state index in [-0.39, 0.29) is 5.91 Å². The average Bonchev–Trinajstić information content (AvgIpc) is 3.21. The van der Waals surface area contributed by atoms with Crippen LogP contribution in [0.4, 0.5) is 0 Å². The van der Waals surface area contributed by atoms with Crippen molar-refractivity contribution < 1.29 is 4.79 Å². The average molecular weight is 380 g/mol. The van der Waals surface area contributed by atoms with E-state index < -0.39 is 0 Å². The molecular formula is C17H21N3OS3. The summed E-state index contributed by atoms with van der Waals surface area (Å²) in [6.07, 6.45) is 4.32. The second kappa shape index (κ2) is 6.78. The van der Waals surface area contributed by atoms with Crippen LogP contribution in [0, 0.1) is 12.8 Å². The van der Waals surface area contributed by atoms with Crippen molar-refractivity contribution in [3.63, 3.8) is 0 Å². The summed E-state index contributed by atoms with van der Waals surface area (Å²) in [5.41, 5.74) is 0. The zero-order chi connectivity index (χ0) is 16.7. The Morgan fingerprint density at radius 2 is 2.12 bits per heavy atom. The lowest BCUT2D eigenvalue weighted by atomic mass is 9.79. The Kier molecular flexibility index (Phi) is 4.68. The standard InChI is InChI=1S/C17H21N3OS3/c1-10-9-18-17(22-10)24-14-4-3-13(23-14)16(21)19-15-11(2)20-7-5-12(15)6-8-20/h3-4,9,11-12,15H,5-8H2,1-2H3,(H,19,21)/t11-,15-/m0/s1. The fourth-order valence-corrected chi connectivity index (χ4v) is 6.93. The van der Waals surface area contributed by atoms with Crippen molar-refractivity contribution in [1.29, 1.82) is 0 Å². The number of aromatic nitrogens is 1. The second-order valence-corrected chi connectivity index (χ2v) is 10.4. The lowest BCUT2D eigenvalue weighted by Crippen LogP contribution is -2.62. The highest BCUT2D eigenvalue weighted by Crippen LogP contribution is 2.36. The van der Waals surface area contributed by atoms with Crippen LogP contribution in [0.15, 0.2) is 26.9 Å². The Balaban J connectivity index is 1.41. The maximum absolute atomic E-state index is 12.7. The minimum Gasteiger partial charge on any atom is -0.347 e. The van der Waals surface area contributed by atoms with E-state index in [9.17, 15) is 4.79 Å². The van der Waals surface area contributed by atoms with Gasteiger partial charge in [0.25, 0.3) is 5.91 Å². The first kappa shape index (κ1) is 16.6. The summed E-state index contributed by atoms with van der Waals surface area (Å²) in [6.45, 7) is 6.68. The van der Waals surface area contributed by atoms with E-state index in [2.05, 4.69) is 29.0 Å². The monoisotopic (exact) mass is 379 g/mol. The molecule has 2 aromatic heterocycles. The molecule has 0 spiro atoms. The highest BCUT2D eigenvalue weighted by molar-refractivity contribution is 8.02. The van der Waals surface area contributed by atoms with Crippen LogP contribution in [-0.4, -0.2) is 41.0 Å².